The smallest absolute Gasteiger partial charge is 0.326 e. The summed E-state index contributed by atoms with van der Waals surface area (Å²) in [5.41, 5.74) is 4.38. The maximum atomic E-state index is 6.48. The number of benzene rings is 6. The summed E-state index contributed by atoms with van der Waals surface area (Å²) >= 11 is 0. The SMILES string of the molecule is c1ccc(-c2nc(Oc3ccccc3Oc3cc4c5c(c3)Oc3ccccc3N5c3ccccc3O4)nc(-c3ccccc3)n2)cc1. The lowest BCUT2D eigenvalue weighted by atomic mass is 10.1. The molecule has 0 bridgehead atoms. The first-order chi connectivity index (χ1) is 23.3. The Morgan fingerprint density at radius 1 is 0.447 bits per heavy atom. The van der Waals surface area contributed by atoms with E-state index in [0.29, 0.717) is 40.4 Å². The molecule has 1 aromatic heterocycles. The molecule has 0 unspecified atom stereocenters. The summed E-state index contributed by atoms with van der Waals surface area (Å²) in [6.45, 7) is 0. The number of fused-ring (bicyclic) bond motifs is 4. The van der Waals surface area contributed by atoms with Crippen molar-refractivity contribution in [1.82, 2.24) is 15.0 Å². The zero-order valence-corrected chi connectivity index (χ0v) is 24.8. The van der Waals surface area contributed by atoms with Crippen LogP contribution in [-0.2, 0) is 0 Å². The van der Waals surface area contributed by atoms with E-state index in [2.05, 4.69) is 14.9 Å². The second kappa shape index (κ2) is 11.0. The van der Waals surface area contributed by atoms with Gasteiger partial charge in [-0.2, -0.15) is 9.97 Å². The van der Waals surface area contributed by atoms with Gasteiger partial charge in [-0.05, 0) is 36.4 Å². The minimum absolute atomic E-state index is 0.143. The van der Waals surface area contributed by atoms with Crippen LogP contribution in [0.4, 0.5) is 17.1 Å². The van der Waals surface area contributed by atoms with Crippen molar-refractivity contribution in [3.63, 3.8) is 0 Å². The van der Waals surface area contributed by atoms with Crippen LogP contribution in [0.15, 0.2) is 146 Å². The Morgan fingerprint density at radius 3 is 1.47 bits per heavy atom. The molecule has 0 saturated carbocycles. The summed E-state index contributed by atoms with van der Waals surface area (Å²) in [4.78, 5) is 16.3. The fourth-order valence-corrected chi connectivity index (χ4v) is 5.74. The van der Waals surface area contributed by atoms with E-state index in [1.807, 2.05) is 146 Å². The van der Waals surface area contributed by atoms with Crippen molar-refractivity contribution < 1.29 is 18.9 Å². The number of anilines is 3. The van der Waals surface area contributed by atoms with Crippen molar-refractivity contribution in [2.45, 2.75) is 0 Å². The monoisotopic (exact) mass is 612 g/mol. The van der Waals surface area contributed by atoms with E-state index >= 15 is 0 Å². The predicted octanol–water partition coefficient (Wildman–Crippen LogP) is 10.5. The molecule has 0 aliphatic carbocycles. The van der Waals surface area contributed by atoms with Crippen LogP contribution in [0.3, 0.4) is 0 Å². The zero-order chi connectivity index (χ0) is 31.2. The minimum Gasteiger partial charge on any atom is -0.453 e. The van der Waals surface area contributed by atoms with Crippen LogP contribution < -0.4 is 23.8 Å². The number of hydrogen-bond acceptors (Lipinski definition) is 8. The van der Waals surface area contributed by atoms with E-state index in [9.17, 15) is 0 Å². The maximum Gasteiger partial charge on any atom is 0.326 e. The molecule has 47 heavy (non-hydrogen) atoms. The molecule has 3 heterocycles. The molecular weight excluding hydrogens is 588 g/mol. The highest BCUT2D eigenvalue weighted by molar-refractivity contribution is 5.94. The first-order valence-electron chi connectivity index (χ1n) is 15.1. The van der Waals surface area contributed by atoms with Gasteiger partial charge >= 0.3 is 6.01 Å². The molecule has 0 fully saturated rings. The predicted molar refractivity (Wildman–Crippen MR) is 179 cm³/mol. The molecule has 224 valence electrons. The van der Waals surface area contributed by atoms with Gasteiger partial charge in [-0.1, -0.05) is 97.1 Å². The molecule has 9 rings (SSSR count). The largest absolute Gasteiger partial charge is 0.453 e. The van der Waals surface area contributed by atoms with Gasteiger partial charge in [0.25, 0.3) is 0 Å². The first-order valence-corrected chi connectivity index (χ1v) is 15.1. The number of hydrogen-bond donors (Lipinski definition) is 0. The van der Waals surface area contributed by atoms with E-state index in [1.54, 1.807) is 0 Å². The molecular formula is C39H24N4O4. The van der Waals surface area contributed by atoms with Crippen LogP contribution in [0.1, 0.15) is 0 Å². The van der Waals surface area contributed by atoms with Crippen LogP contribution in [0, 0.1) is 0 Å². The molecule has 8 nitrogen and oxygen atoms in total. The Labute approximate surface area is 270 Å². The highest BCUT2D eigenvalue weighted by Crippen LogP contribution is 2.60. The van der Waals surface area contributed by atoms with Crippen molar-refractivity contribution in [1.29, 1.82) is 0 Å². The zero-order valence-electron chi connectivity index (χ0n) is 24.8. The van der Waals surface area contributed by atoms with E-state index in [1.165, 1.54) is 0 Å². The molecule has 7 aromatic rings. The third-order valence-electron chi connectivity index (χ3n) is 7.85. The van der Waals surface area contributed by atoms with Gasteiger partial charge in [-0.25, -0.2) is 4.98 Å². The van der Waals surface area contributed by atoms with Crippen molar-refractivity contribution in [2.75, 3.05) is 4.90 Å². The van der Waals surface area contributed by atoms with Crippen LogP contribution in [0.2, 0.25) is 0 Å². The van der Waals surface area contributed by atoms with Crippen molar-refractivity contribution in [3.8, 4) is 69.0 Å². The van der Waals surface area contributed by atoms with E-state index in [4.69, 9.17) is 23.9 Å². The fourth-order valence-electron chi connectivity index (χ4n) is 5.74. The third kappa shape index (κ3) is 4.85. The molecule has 0 N–H and O–H groups in total. The lowest BCUT2D eigenvalue weighted by Crippen LogP contribution is -2.20. The summed E-state index contributed by atoms with van der Waals surface area (Å²) in [6, 6.07) is 46.6. The Hall–Kier alpha value is -6.67. The van der Waals surface area contributed by atoms with Gasteiger partial charge < -0.3 is 18.9 Å². The van der Waals surface area contributed by atoms with Gasteiger partial charge in [0.1, 0.15) is 11.4 Å². The molecule has 0 atom stereocenters. The number of ether oxygens (including phenoxy) is 4. The summed E-state index contributed by atoms with van der Waals surface area (Å²) in [5.74, 6) is 5.11. The molecule has 8 heteroatoms. The Balaban J connectivity index is 1.09. The van der Waals surface area contributed by atoms with Crippen molar-refractivity contribution >= 4 is 17.1 Å². The second-order valence-corrected chi connectivity index (χ2v) is 10.9. The molecule has 0 spiro atoms. The Bertz CT molecular complexity index is 2150. The highest BCUT2D eigenvalue weighted by atomic mass is 16.5. The summed E-state index contributed by atoms with van der Waals surface area (Å²) in [5, 5.41) is 0. The average molecular weight is 613 g/mol. The topological polar surface area (TPSA) is 78.8 Å². The second-order valence-electron chi connectivity index (χ2n) is 10.9. The third-order valence-corrected chi connectivity index (χ3v) is 7.85. The van der Waals surface area contributed by atoms with Gasteiger partial charge in [0.2, 0.25) is 0 Å². The van der Waals surface area contributed by atoms with Crippen LogP contribution in [-0.4, -0.2) is 15.0 Å². The lowest BCUT2D eigenvalue weighted by Gasteiger charge is -2.37. The number of nitrogens with zero attached hydrogens (tertiary/aromatic N) is 4. The normalized spacial score (nSPS) is 12.1. The Kier molecular flexibility index (Phi) is 6.28. The standard InChI is InChI=1S/C39H24N4O4/c1-3-13-25(14-4-1)37-40-38(26-15-5-2-6-16-26)42-39(41-37)47-33-22-12-11-21-32(33)44-27-23-34-36-35(24-27)46-31-20-10-8-18-29(31)43(36)28-17-7-9-19-30(28)45-34/h1-24H. The highest BCUT2D eigenvalue weighted by Gasteiger charge is 2.35. The molecule has 6 aromatic carbocycles. The van der Waals surface area contributed by atoms with Gasteiger partial charge in [0.05, 0.1) is 11.4 Å². The van der Waals surface area contributed by atoms with E-state index in [-0.39, 0.29) is 6.01 Å². The van der Waals surface area contributed by atoms with Crippen molar-refractivity contribution in [2.24, 2.45) is 0 Å². The van der Waals surface area contributed by atoms with Gasteiger partial charge in [0.15, 0.2) is 46.1 Å². The minimum atomic E-state index is 0.143. The summed E-state index contributed by atoms with van der Waals surface area (Å²) < 4.78 is 25.6. The van der Waals surface area contributed by atoms with Crippen LogP contribution in [0.5, 0.6) is 46.3 Å². The molecule has 0 radical (unpaired) electrons. The lowest BCUT2D eigenvalue weighted by molar-refractivity contribution is 0.392. The number of para-hydroxylation sites is 6. The van der Waals surface area contributed by atoms with Crippen LogP contribution >= 0.6 is 0 Å². The van der Waals surface area contributed by atoms with E-state index < -0.39 is 0 Å². The van der Waals surface area contributed by atoms with Gasteiger partial charge in [0, 0.05) is 23.3 Å². The molecule has 0 amide bonds. The molecule has 2 aliphatic rings. The number of aromatic nitrogens is 3. The number of rotatable bonds is 6. The molecule has 2 aliphatic heterocycles. The fraction of sp³-hybridized carbons (Fsp3) is 0. The summed E-state index contributed by atoms with van der Waals surface area (Å²) in [7, 11) is 0. The Morgan fingerprint density at radius 2 is 0.915 bits per heavy atom. The van der Waals surface area contributed by atoms with Gasteiger partial charge in [-0.3, -0.25) is 4.90 Å². The first kappa shape index (κ1) is 26.7. The van der Waals surface area contributed by atoms with Crippen LogP contribution in [0.25, 0.3) is 22.8 Å². The van der Waals surface area contributed by atoms with Gasteiger partial charge in [-0.15, -0.1) is 0 Å². The molecule has 0 saturated heterocycles. The quantitative estimate of drug-likeness (QED) is 0.184. The maximum absolute atomic E-state index is 6.48. The summed E-state index contributed by atoms with van der Waals surface area (Å²) in [6.07, 6.45) is 0. The van der Waals surface area contributed by atoms with Crippen molar-refractivity contribution in [3.05, 3.63) is 146 Å². The average Bonchev–Trinajstić information content (AvgIpc) is 3.13. The van der Waals surface area contributed by atoms with E-state index in [0.717, 1.165) is 39.7 Å².